The van der Waals surface area contributed by atoms with E-state index in [0.29, 0.717) is 11.4 Å². The van der Waals surface area contributed by atoms with Crippen molar-refractivity contribution in [1.82, 2.24) is 0 Å². The molecule has 0 aromatic heterocycles. The highest BCUT2D eigenvalue weighted by Gasteiger charge is 2.05. The Labute approximate surface area is 124 Å². The van der Waals surface area contributed by atoms with Crippen LogP contribution < -0.4 is 10.5 Å². The largest absolute Gasteiger partial charge is 0.497 e. The van der Waals surface area contributed by atoms with Crippen molar-refractivity contribution in [3.63, 3.8) is 0 Å². The van der Waals surface area contributed by atoms with Gasteiger partial charge in [-0.3, -0.25) is 0 Å². The van der Waals surface area contributed by atoms with E-state index in [1.165, 1.54) is 12.1 Å². The van der Waals surface area contributed by atoms with Gasteiger partial charge in [0.15, 0.2) is 0 Å². The molecule has 0 aliphatic carbocycles. The van der Waals surface area contributed by atoms with E-state index in [-0.39, 0.29) is 5.82 Å². The molecule has 0 fully saturated rings. The van der Waals surface area contributed by atoms with Gasteiger partial charge in [0.1, 0.15) is 11.6 Å². The highest BCUT2D eigenvalue weighted by atomic mass is 79.9. The lowest BCUT2D eigenvalue weighted by Gasteiger charge is -2.08. The number of hydrogen-bond acceptors (Lipinski definition) is 3. The Bertz CT molecular complexity index is 571. The molecule has 2 N–H and O–H groups in total. The molecular formula is C14H13BrFNOS. The van der Waals surface area contributed by atoms with Crippen molar-refractivity contribution in [2.45, 2.75) is 10.6 Å². The fraction of sp³-hybridized carbons (Fsp3) is 0.143. The first-order valence-corrected chi connectivity index (χ1v) is 7.37. The molecule has 0 heterocycles. The van der Waals surface area contributed by atoms with Gasteiger partial charge in [-0.1, -0.05) is 15.9 Å². The summed E-state index contributed by atoms with van der Waals surface area (Å²) in [4.78, 5) is 0.930. The van der Waals surface area contributed by atoms with Gasteiger partial charge < -0.3 is 10.5 Å². The summed E-state index contributed by atoms with van der Waals surface area (Å²) < 4.78 is 19.2. The number of methoxy groups -OCH3 is 1. The summed E-state index contributed by atoms with van der Waals surface area (Å²) in [5.74, 6) is 1.16. The Hall–Kier alpha value is -1.20. The number of rotatable bonds is 4. The van der Waals surface area contributed by atoms with Gasteiger partial charge in [-0.15, -0.1) is 11.8 Å². The number of thioether (sulfide) groups is 1. The standard InChI is InChI=1S/C14H13BrFNOS/c1-18-12-2-3-13(17)14(7-12)19-8-9-4-10(15)6-11(16)5-9/h2-7H,8,17H2,1H3. The molecule has 0 spiro atoms. The zero-order valence-corrected chi connectivity index (χ0v) is 12.7. The number of nitrogens with two attached hydrogens (primary N) is 1. The molecule has 19 heavy (non-hydrogen) atoms. The van der Waals surface area contributed by atoms with Crippen LogP contribution in [0.3, 0.4) is 0 Å². The molecule has 2 rings (SSSR count). The Morgan fingerprint density at radius 3 is 2.74 bits per heavy atom. The van der Waals surface area contributed by atoms with Crippen molar-refractivity contribution < 1.29 is 9.13 Å². The Kier molecular flexibility index (Phi) is 4.71. The molecule has 0 bridgehead atoms. The molecule has 0 aliphatic rings. The molecule has 2 nitrogen and oxygen atoms in total. The van der Waals surface area contributed by atoms with Crippen LogP contribution in [0.5, 0.6) is 5.75 Å². The second kappa shape index (κ2) is 6.30. The van der Waals surface area contributed by atoms with E-state index in [9.17, 15) is 4.39 Å². The summed E-state index contributed by atoms with van der Waals surface area (Å²) >= 11 is 4.84. The zero-order valence-electron chi connectivity index (χ0n) is 10.3. The van der Waals surface area contributed by atoms with Gasteiger partial charge in [0, 0.05) is 20.8 Å². The number of nitrogen functional groups attached to an aromatic ring is 1. The minimum absolute atomic E-state index is 0.247. The molecule has 2 aromatic rings. The maximum absolute atomic E-state index is 13.3. The normalized spacial score (nSPS) is 10.5. The fourth-order valence-electron chi connectivity index (χ4n) is 1.62. The Balaban J connectivity index is 2.13. The number of ether oxygens (including phenoxy) is 1. The quantitative estimate of drug-likeness (QED) is 0.658. The fourth-order valence-corrected chi connectivity index (χ4v) is 3.06. The predicted molar refractivity (Wildman–Crippen MR) is 81.1 cm³/mol. The van der Waals surface area contributed by atoms with Gasteiger partial charge >= 0.3 is 0 Å². The van der Waals surface area contributed by atoms with E-state index in [1.807, 2.05) is 24.3 Å². The molecule has 0 saturated carbocycles. The lowest BCUT2D eigenvalue weighted by molar-refractivity contribution is 0.414. The zero-order chi connectivity index (χ0) is 13.8. The van der Waals surface area contributed by atoms with E-state index in [1.54, 1.807) is 18.9 Å². The second-order valence-electron chi connectivity index (χ2n) is 3.97. The van der Waals surface area contributed by atoms with Crippen molar-refractivity contribution in [2.75, 3.05) is 12.8 Å². The van der Waals surface area contributed by atoms with Gasteiger partial charge in [0.25, 0.3) is 0 Å². The third-order valence-electron chi connectivity index (χ3n) is 2.54. The highest BCUT2D eigenvalue weighted by Crippen LogP contribution is 2.32. The molecule has 0 unspecified atom stereocenters. The van der Waals surface area contributed by atoms with Crippen molar-refractivity contribution in [3.8, 4) is 5.75 Å². The summed E-state index contributed by atoms with van der Waals surface area (Å²) in [6.07, 6.45) is 0. The third kappa shape index (κ3) is 3.88. The van der Waals surface area contributed by atoms with E-state index >= 15 is 0 Å². The van der Waals surface area contributed by atoms with Crippen LogP contribution in [0, 0.1) is 5.82 Å². The monoisotopic (exact) mass is 341 g/mol. The van der Waals surface area contributed by atoms with Gasteiger partial charge in [0.2, 0.25) is 0 Å². The van der Waals surface area contributed by atoms with Crippen LogP contribution in [0.15, 0.2) is 45.8 Å². The van der Waals surface area contributed by atoms with Crippen LogP contribution in [0.2, 0.25) is 0 Å². The number of benzene rings is 2. The van der Waals surface area contributed by atoms with E-state index < -0.39 is 0 Å². The molecule has 0 amide bonds. The van der Waals surface area contributed by atoms with Crippen molar-refractivity contribution in [2.24, 2.45) is 0 Å². The van der Waals surface area contributed by atoms with Gasteiger partial charge in [0.05, 0.1) is 7.11 Å². The first kappa shape index (κ1) is 14.2. The SMILES string of the molecule is COc1ccc(N)c(SCc2cc(F)cc(Br)c2)c1. The minimum atomic E-state index is -0.247. The summed E-state index contributed by atoms with van der Waals surface area (Å²) in [6, 6.07) is 10.4. The molecule has 5 heteroatoms. The predicted octanol–water partition coefficient (Wildman–Crippen LogP) is 4.47. The van der Waals surface area contributed by atoms with Crippen molar-refractivity contribution in [1.29, 1.82) is 0 Å². The van der Waals surface area contributed by atoms with E-state index in [2.05, 4.69) is 15.9 Å². The van der Waals surface area contributed by atoms with Crippen LogP contribution in [-0.4, -0.2) is 7.11 Å². The van der Waals surface area contributed by atoms with Crippen molar-refractivity contribution in [3.05, 3.63) is 52.3 Å². The molecule has 0 atom stereocenters. The lowest BCUT2D eigenvalue weighted by Crippen LogP contribution is -1.91. The topological polar surface area (TPSA) is 35.2 Å². The molecule has 0 radical (unpaired) electrons. The maximum Gasteiger partial charge on any atom is 0.124 e. The summed E-state index contributed by atoms with van der Waals surface area (Å²) in [6.45, 7) is 0. The van der Waals surface area contributed by atoms with Gasteiger partial charge in [-0.25, -0.2) is 4.39 Å². The third-order valence-corrected chi connectivity index (χ3v) is 4.14. The number of hydrogen-bond donors (Lipinski definition) is 1. The summed E-state index contributed by atoms with van der Waals surface area (Å²) in [5.41, 5.74) is 7.51. The smallest absolute Gasteiger partial charge is 0.124 e. The van der Waals surface area contributed by atoms with Crippen LogP contribution in [0.4, 0.5) is 10.1 Å². The molecular weight excluding hydrogens is 329 g/mol. The average Bonchev–Trinajstić information content (AvgIpc) is 2.37. The second-order valence-corrected chi connectivity index (χ2v) is 5.90. The van der Waals surface area contributed by atoms with Crippen LogP contribution in [0.25, 0.3) is 0 Å². The first-order chi connectivity index (χ1) is 9.08. The van der Waals surface area contributed by atoms with Crippen molar-refractivity contribution >= 4 is 33.4 Å². The number of halogens is 2. The highest BCUT2D eigenvalue weighted by molar-refractivity contribution is 9.10. The Morgan fingerprint density at radius 2 is 2.05 bits per heavy atom. The van der Waals surface area contributed by atoms with Crippen LogP contribution >= 0.6 is 27.7 Å². The maximum atomic E-state index is 13.3. The van der Waals surface area contributed by atoms with Crippen LogP contribution in [-0.2, 0) is 5.75 Å². The molecule has 2 aromatic carbocycles. The van der Waals surface area contributed by atoms with Crippen LogP contribution in [0.1, 0.15) is 5.56 Å². The molecule has 100 valence electrons. The van der Waals surface area contributed by atoms with E-state index in [0.717, 1.165) is 20.7 Å². The summed E-state index contributed by atoms with van der Waals surface area (Å²) in [7, 11) is 1.61. The number of anilines is 1. The first-order valence-electron chi connectivity index (χ1n) is 5.60. The average molecular weight is 342 g/mol. The Morgan fingerprint density at radius 1 is 1.26 bits per heavy atom. The molecule has 0 aliphatic heterocycles. The lowest BCUT2D eigenvalue weighted by atomic mass is 10.2. The minimum Gasteiger partial charge on any atom is -0.497 e. The summed E-state index contributed by atoms with van der Waals surface area (Å²) in [5, 5.41) is 0. The van der Waals surface area contributed by atoms with Gasteiger partial charge in [-0.05, 0) is 42.0 Å². The molecule has 0 saturated heterocycles. The van der Waals surface area contributed by atoms with E-state index in [4.69, 9.17) is 10.5 Å². The van der Waals surface area contributed by atoms with Gasteiger partial charge in [-0.2, -0.15) is 0 Å².